The van der Waals surface area contributed by atoms with Crippen LogP contribution < -0.4 is 21.5 Å². The summed E-state index contributed by atoms with van der Waals surface area (Å²) in [6, 6.07) is 1.46. The Bertz CT molecular complexity index is 888. The Morgan fingerprint density at radius 1 is 1.34 bits per heavy atom. The smallest absolute Gasteiger partial charge is 0.332 e. The van der Waals surface area contributed by atoms with Crippen LogP contribution in [0.4, 0.5) is 21.8 Å². The maximum absolute atomic E-state index is 13.5. The second-order valence-corrected chi connectivity index (χ2v) is 7.15. The van der Waals surface area contributed by atoms with Gasteiger partial charge in [0.15, 0.2) is 0 Å². The van der Waals surface area contributed by atoms with Crippen LogP contribution in [0.2, 0.25) is 0 Å². The van der Waals surface area contributed by atoms with E-state index >= 15 is 0 Å². The van der Waals surface area contributed by atoms with E-state index in [1.807, 2.05) is 0 Å². The lowest BCUT2D eigenvalue weighted by Gasteiger charge is -2.25. The predicted octanol–water partition coefficient (Wildman–Crippen LogP) is 2.18. The molecule has 0 amide bonds. The van der Waals surface area contributed by atoms with Gasteiger partial charge in [0, 0.05) is 18.2 Å². The number of nitrogens with one attached hydrogen (secondary N) is 1. The first-order chi connectivity index (χ1) is 13.9. The molecule has 2 aromatic rings. The molecule has 0 unspecified atom stereocenters. The van der Waals surface area contributed by atoms with Gasteiger partial charge >= 0.3 is 5.69 Å². The van der Waals surface area contributed by atoms with Crippen molar-refractivity contribution in [3.8, 4) is 5.88 Å². The quantitative estimate of drug-likeness (QED) is 0.464. The van der Waals surface area contributed by atoms with Crippen molar-refractivity contribution in [2.24, 2.45) is 11.7 Å². The highest BCUT2D eigenvalue weighted by atomic mass is 19.1. The molecule has 5 N–H and O–H groups in total. The number of nitrogens with zero attached hydrogens (tertiary/aromatic N) is 4. The summed E-state index contributed by atoms with van der Waals surface area (Å²) >= 11 is 0. The molecular weight excluding hydrogens is 381 g/mol. The molecule has 0 bridgehead atoms. The first-order valence-corrected chi connectivity index (χ1v) is 9.36. The van der Waals surface area contributed by atoms with Crippen LogP contribution in [0.1, 0.15) is 36.9 Å². The van der Waals surface area contributed by atoms with Crippen molar-refractivity contribution < 1.29 is 14.1 Å². The average molecular weight is 405 g/mol. The average Bonchev–Trinajstić information content (AvgIpc) is 2.67. The van der Waals surface area contributed by atoms with Crippen molar-refractivity contribution in [2.45, 2.75) is 44.7 Å². The number of nitro groups is 1. The van der Waals surface area contributed by atoms with E-state index in [2.05, 4.69) is 20.3 Å². The van der Waals surface area contributed by atoms with Crippen LogP contribution >= 0.6 is 0 Å². The molecule has 1 fully saturated rings. The van der Waals surface area contributed by atoms with Crippen molar-refractivity contribution >= 4 is 17.5 Å². The Balaban J connectivity index is 1.82. The molecule has 2 heterocycles. The van der Waals surface area contributed by atoms with Gasteiger partial charge in [-0.2, -0.15) is 4.98 Å². The van der Waals surface area contributed by atoms with Crippen LogP contribution in [0, 0.1) is 21.8 Å². The van der Waals surface area contributed by atoms with Gasteiger partial charge in [0.2, 0.25) is 17.6 Å². The Hall–Kier alpha value is -3.08. The predicted molar refractivity (Wildman–Crippen MR) is 105 cm³/mol. The van der Waals surface area contributed by atoms with Crippen LogP contribution in [0.15, 0.2) is 12.3 Å². The molecule has 0 atom stereocenters. The number of hydrogen-bond acceptors (Lipinski definition) is 9. The highest BCUT2D eigenvalue weighted by molar-refractivity contribution is 5.58. The van der Waals surface area contributed by atoms with Gasteiger partial charge < -0.3 is 21.5 Å². The van der Waals surface area contributed by atoms with Gasteiger partial charge in [0.1, 0.15) is 11.5 Å². The normalized spacial score (nSPS) is 19.0. The Kier molecular flexibility index (Phi) is 6.37. The van der Waals surface area contributed by atoms with Crippen molar-refractivity contribution in [3.05, 3.63) is 39.5 Å². The molecule has 1 saturated carbocycles. The van der Waals surface area contributed by atoms with Crippen LogP contribution in [-0.2, 0) is 13.0 Å². The number of nitrogens with two attached hydrogens (primary N) is 2. The molecule has 0 aromatic carbocycles. The first-order valence-electron chi connectivity index (χ1n) is 9.36. The molecular formula is C18H24FN7O3. The molecule has 29 heavy (non-hydrogen) atoms. The summed E-state index contributed by atoms with van der Waals surface area (Å²) in [7, 11) is 1.43. The summed E-state index contributed by atoms with van der Waals surface area (Å²) in [5, 5.41) is 14.4. The second-order valence-electron chi connectivity index (χ2n) is 7.15. The van der Waals surface area contributed by atoms with E-state index in [4.69, 9.17) is 16.2 Å². The number of pyridine rings is 1. The summed E-state index contributed by atoms with van der Waals surface area (Å²) in [6.07, 6.45) is 5.02. The van der Waals surface area contributed by atoms with Crippen LogP contribution in [0.25, 0.3) is 0 Å². The monoisotopic (exact) mass is 405 g/mol. The van der Waals surface area contributed by atoms with Gasteiger partial charge in [-0.25, -0.2) is 14.4 Å². The van der Waals surface area contributed by atoms with Gasteiger partial charge in [-0.3, -0.25) is 10.1 Å². The largest absolute Gasteiger partial charge is 0.481 e. The molecule has 156 valence electrons. The molecule has 1 aliphatic rings. The summed E-state index contributed by atoms with van der Waals surface area (Å²) in [4.78, 5) is 23.1. The maximum Gasteiger partial charge on any atom is 0.332 e. The number of nitrogen functional groups attached to an aromatic ring is 1. The van der Waals surface area contributed by atoms with Gasteiger partial charge in [-0.15, -0.1) is 0 Å². The third kappa shape index (κ3) is 5.05. The lowest BCUT2D eigenvalue weighted by molar-refractivity contribution is -0.385. The molecule has 2 aromatic heterocycles. The molecule has 0 aliphatic heterocycles. The number of hydrogen-bond donors (Lipinski definition) is 3. The Labute approximate surface area is 167 Å². The lowest BCUT2D eigenvalue weighted by atomic mass is 9.83. The number of aromatic nitrogens is 3. The number of ether oxygens (including phenoxy) is 1. The molecule has 3 rings (SSSR count). The maximum atomic E-state index is 13.5. The highest BCUT2D eigenvalue weighted by Gasteiger charge is 2.27. The SMILES string of the molecule is COc1ncc(F)cc1CNc1nc(N)c([N+](=O)[O-])c(CC2CCC(N)CC2)n1. The summed E-state index contributed by atoms with van der Waals surface area (Å²) in [5.74, 6) is -0.0834. The van der Waals surface area contributed by atoms with Gasteiger partial charge in [0.25, 0.3) is 0 Å². The standard InChI is InChI=1S/C18H24FN7O3/c1-29-17-11(7-12(19)9-22-17)8-23-18-24-14(15(26(27)28)16(21)25-18)6-10-2-4-13(20)5-3-10/h7,9-10,13H,2-6,8,20H2,1H3,(H3,21,23,24,25). The van der Waals surface area contributed by atoms with E-state index in [0.717, 1.165) is 31.9 Å². The van der Waals surface area contributed by atoms with Crippen LogP contribution in [0.3, 0.4) is 0 Å². The zero-order valence-corrected chi connectivity index (χ0v) is 16.1. The van der Waals surface area contributed by atoms with E-state index in [1.165, 1.54) is 13.2 Å². The molecule has 1 aliphatic carbocycles. The van der Waals surface area contributed by atoms with Crippen molar-refractivity contribution in [1.82, 2.24) is 15.0 Å². The first kappa shape index (κ1) is 20.6. The minimum atomic E-state index is -0.553. The Morgan fingerprint density at radius 2 is 2.07 bits per heavy atom. The molecule has 0 saturated heterocycles. The van der Waals surface area contributed by atoms with Crippen molar-refractivity contribution in [1.29, 1.82) is 0 Å². The third-order valence-corrected chi connectivity index (χ3v) is 5.06. The summed E-state index contributed by atoms with van der Waals surface area (Å²) in [5.41, 5.74) is 12.3. The van der Waals surface area contributed by atoms with Crippen molar-refractivity contribution in [2.75, 3.05) is 18.2 Å². The number of anilines is 2. The third-order valence-electron chi connectivity index (χ3n) is 5.06. The van der Waals surface area contributed by atoms with Gasteiger partial charge in [-0.05, 0) is 44.1 Å². The summed E-state index contributed by atoms with van der Waals surface area (Å²) in [6.45, 7) is 0.114. The number of halogens is 1. The fourth-order valence-electron chi connectivity index (χ4n) is 3.56. The van der Waals surface area contributed by atoms with Crippen molar-refractivity contribution in [3.63, 3.8) is 0 Å². The minimum Gasteiger partial charge on any atom is -0.481 e. The molecule has 11 heteroatoms. The zero-order chi connectivity index (χ0) is 21.0. The van der Waals surface area contributed by atoms with E-state index in [1.54, 1.807) is 0 Å². The fourth-order valence-corrected chi connectivity index (χ4v) is 3.56. The second kappa shape index (κ2) is 8.95. The van der Waals surface area contributed by atoms with Gasteiger partial charge in [-0.1, -0.05) is 0 Å². The number of methoxy groups -OCH3 is 1. The topological polar surface area (TPSA) is 155 Å². The van der Waals surface area contributed by atoms with E-state index < -0.39 is 10.7 Å². The van der Waals surface area contributed by atoms with E-state index in [-0.39, 0.29) is 47.5 Å². The van der Waals surface area contributed by atoms with Crippen LogP contribution in [-0.4, -0.2) is 33.0 Å². The lowest BCUT2D eigenvalue weighted by Crippen LogP contribution is -2.27. The van der Waals surface area contributed by atoms with Gasteiger partial charge in [0.05, 0.1) is 18.2 Å². The fraction of sp³-hybridized carbons (Fsp3) is 0.500. The Morgan fingerprint density at radius 3 is 2.72 bits per heavy atom. The molecule has 0 spiro atoms. The molecule has 0 radical (unpaired) electrons. The minimum absolute atomic E-state index is 0.114. The highest BCUT2D eigenvalue weighted by Crippen LogP contribution is 2.32. The van der Waals surface area contributed by atoms with E-state index in [9.17, 15) is 14.5 Å². The van der Waals surface area contributed by atoms with E-state index in [0.29, 0.717) is 12.0 Å². The molecule has 10 nitrogen and oxygen atoms in total. The number of rotatable bonds is 7. The summed E-state index contributed by atoms with van der Waals surface area (Å²) < 4.78 is 18.6. The van der Waals surface area contributed by atoms with Crippen LogP contribution in [0.5, 0.6) is 5.88 Å². The zero-order valence-electron chi connectivity index (χ0n) is 16.1.